The first-order valence-corrected chi connectivity index (χ1v) is 12.6. The molecule has 0 aromatic heterocycles. The van der Waals surface area contributed by atoms with Gasteiger partial charge in [0.15, 0.2) is 21.3 Å². The molecule has 1 atom stereocenters. The minimum absolute atomic E-state index is 0.0895. The first kappa shape index (κ1) is 24.5. The molecule has 2 amide bonds. The number of sulfone groups is 1. The van der Waals surface area contributed by atoms with Crippen LogP contribution in [0.2, 0.25) is 0 Å². The molecule has 8 nitrogen and oxygen atoms in total. The fourth-order valence-corrected chi connectivity index (χ4v) is 5.57. The molecule has 1 fully saturated rings. The van der Waals surface area contributed by atoms with Gasteiger partial charge in [0.2, 0.25) is 0 Å². The number of nitriles is 1. The lowest BCUT2D eigenvalue weighted by molar-refractivity contribution is -0.142. The quantitative estimate of drug-likeness (QED) is 0.443. The molecular weight excluding hydrogens is 444 g/mol. The van der Waals surface area contributed by atoms with Crippen LogP contribution in [0.25, 0.3) is 6.08 Å². The molecule has 0 bridgehead atoms. The van der Waals surface area contributed by atoms with Crippen LogP contribution in [0.5, 0.6) is 11.5 Å². The summed E-state index contributed by atoms with van der Waals surface area (Å²) >= 11 is 0. The van der Waals surface area contributed by atoms with E-state index in [1.807, 2.05) is 6.07 Å². The molecule has 0 spiro atoms. The van der Waals surface area contributed by atoms with Gasteiger partial charge in [0.1, 0.15) is 11.6 Å². The number of carbonyl (C=O) groups is 2. The molecule has 1 aromatic rings. The highest BCUT2D eigenvalue weighted by Crippen LogP contribution is 2.33. The Hall–Kier alpha value is -3.12. The number of methoxy groups -OCH3 is 1. The maximum atomic E-state index is 13.3. The van der Waals surface area contributed by atoms with Crippen molar-refractivity contribution in [2.45, 2.75) is 39.7 Å². The van der Waals surface area contributed by atoms with E-state index in [1.165, 1.54) is 7.11 Å². The summed E-state index contributed by atoms with van der Waals surface area (Å²) in [6, 6.07) is 6.32. The van der Waals surface area contributed by atoms with Crippen LogP contribution in [0.15, 0.2) is 34.9 Å². The molecule has 0 N–H and O–H groups in total. The summed E-state index contributed by atoms with van der Waals surface area (Å²) in [6.45, 7) is 6.31. The third-order valence-electron chi connectivity index (χ3n) is 5.80. The van der Waals surface area contributed by atoms with Gasteiger partial charge < -0.3 is 9.47 Å². The number of rotatable bonds is 7. The predicted octanol–water partition coefficient (Wildman–Crippen LogP) is 2.90. The Morgan fingerprint density at radius 3 is 2.55 bits per heavy atom. The van der Waals surface area contributed by atoms with Crippen LogP contribution in [0.4, 0.5) is 0 Å². The van der Waals surface area contributed by atoms with Crippen LogP contribution in [0.1, 0.15) is 39.2 Å². The molecule has 1 saturated heterocycles. The number of imide groups is 1. The highest BCUT2D eigenvalue weighted by atomic mass is 32.2. The standard InChI is InChI=1S/C24H28N2O6S/c1-15(2)7-9-32-21-6-5-17(12-22(21)31-4)11-19-16(3)20(13-25)24(28)26(23(19)27)18-8-10-33(29,30)14-18/h5-6,11-12,15,18H,7-10,14H2,1-4H3/b19-11-/t18-/m1/s1. The number of nitrogens with zero attached hydrogens (tertiary/aromatic N) is 2. The lowest BCUT2D eigenvalue weighted by Gasteiger charge is -2.31. The topological polar surface area (TPSA) is 114 Å². The summed E-state index contributed by atoms with van der Waals surface area (Å²) in [4.78, 5) is 27.0. The van der Waals surface area contributed by atoms with Gasteiger partial charge in [-0.15, -0.1) is 0 Å². The summed E-state index contributed by atoms with van der Waals surface area (Å²) in [7, 11) is -1.81. The summed E-state index contributed by atoms with van der Waals surface area (Å²) in [5, 5.41) is 9.56. The summed E-state index contributed by atoms with van der Waals surface area (Å²) in [5.41, 5.74) is 0.897. The van der Waals surface area contributed by atoms with Gasteiger partial charge in [-0.2, -0.15) is 5.26 Å². The van der Waals surface area contributed by atoms with Crippen molar-refractivity contribution in [2.75, 3.05) is 25.2 Å². The number of hydrogen-bond acceptors (Lipinski definition) is 7. The molecule has 2 aliphatic heterocycles. The van der Waals surface area contributed by atoms with Gasteiger partial charge >= 0.3 is 0 Å². The maximum Gasteiger partial charge on any atom is 0.271 e. The second kappa shape index (κ2) is 9.79. The smallest absolute Gasteiger partial charge is 0.271 e. The molecule has 176 valence electrons. The number of carbonyl (C=O) groups excluding carboxylic acids is 2. The molecule has 0 aliphatic carbocycles. The van der Waals surface area contributed by atoms with Gasteiger partial charge in [-0.3, -0.25) is 14.5 Å². The summed E-state index contributed by atoms with van der Waals surface area (Å²) < 4.78 is 35.1. The van der Waals surface area contributed by atoms with Crippen molar-refractivity contribution in [1.29, 1.82) is 5.26 Å². The molecule has 2 aliphatic rings. The van der Waals surface area contributed by atoms with Crippen molar-refractivity contribution in [3.8, 4) is 17.6 Å². The Bertz CT molecular complexity index is 1170. The van der Waals surface area contributed by atoms with Crippen LogP contribution < -0.4 is 9.47 Å². The average molecular weight is 473 g/mol. The lowest BCUT2D eigenvalue weighted by atomic mass is 9.92. The highest BCUT2D eigenvalue weighted by Gasteiger charge is 2.43. The number of amides is 2. The molecule has 9 heteroatoms. The van der Waals surface area contributed by atoms with Crippen molar-refractivity contribution in [2.24, 2.45) is 5.92 Å². The zero-order chi connectivity index (χ0) is 24.3. The van der Waals surface area contributed by atoms with Crippen molar-refractivity contribution in [3.63, 3.8) is 0 Å². The third kappa shape index (κ3) is 5.28. The van der Waals surface area contributed by atoms with Crippen LogP contribution in [0, 0.1) is 17.2 Å². The van der Waals surface area contributed by atoms with Gasteiger partial charge in [0.05, 0.1) is 31.3 Å². The van der Waals surface area contributed by atoms with Crippen LogP contribution >= 0.6 is 0 Å². The van der Waals surface area contributed by atoms with Gasteiger partial charge in [0.25, 0.3) is 11.8 Å². The Balaban J connectivity index is 1.97. The van der Waals surface area contributed by atoms with Crippen LogP contribution in [0.3, 0.4) is 0 Å². The fraction of sp³-hybridized carbons (Fsp3) is 0.458. The van der Waals surface area contributed by atoms with E-state index in [9.17, 15) is 23.3 Å². The maximum absolute atomic E-state index is 13.3. The SMILES string of the molecule is COc1cc(/C=C2\C(=O)N([C@@H]3CCS(=O)(=O)C3)C(=O)C(C#N)=C2C)ccc1OCCC(C)C. The summed E-state index contributed by atoms with van der Waals surface area (Å²) in [6.07, 6.45) is 2.64. The normalized spacial score (nSPS) is 21.6. The first-order valence-electron chi connectivity index (χ1n) is 10.8. The minimum atomic E-state index is -3.33. The Morgan fingerprint density at radius 1 is 1.24 bits per heavy atom. The van der Waals surface area contributed by atoms with Crippen molar-refractivity contribution < 1.29 is 27.5 Å². The van der Waals surface area contributed by atoms with Gasteiger partial charge in [-0.05, 0) is 55.0 Å². The lowest BCUT2D eigenvalue weighted by Crippen LogP contribution is -2.49. The zero-order valence-electron chi connectivity index (χ0n) is 19.3. The molecular formula is C24H28N2O6S. The van der Waals surface area contributed by atoms with Gasteiger partial charge in [-0.1, -0.05) is 19.9 Å². The van der Waals surface area contributed by atoms with E-state index in [-0.39, 0.29) is 34.6 Å². The average Bonchev–Trinajstić information content (AvgIpc) is 3.11. The van der Waals surface area contributed by atoms with E-state index in [0.29, 0.717) is 29.6 Å². The molecule has 1 aromatic carbocycles. The molecule has 0 radical (unpaired) electrons. The molecule has 2 heterocycles. The van der Waals surface area contributed by atoms with Crippen molar-refractivity contribution >= 4 is 27.7 Å². The first-order chi connectivity index (χ1) is 15.6. The summed E-state index contributed by atoms with van der Waals surface area (Å²) in [5.74, 6) is -0.149. The van der Waals surface area contributed by atoms with Crippen LogP contribution in [-0.4, -0.2) is 56.4 Å². The molecule has 33 heavy (non-hydrogen) atoms. The van der Waals surface area contributed by atoms with Gasteiger partial charge in [0, 0.05) is 5.57 Å². The molecule has 0 unspecified atom stereocenters. The molecule has 0 saturated carbocycles. The highest BCUT2D eigenvalue weighted by molar-refractivity contribution is 7.91. The predicted molar refractivity (Wildman–Crippen MR) is 123 cm³/mol. The van der Waals surface area contributed by atoms with Crippen molar-refractivity contribution in [1.82, 2.24) is 4.90 Å². The second-order valence-corrected chi connectivity index (χ2v) is 10.9. The van der Waals surface area contributed by atoms with E-state index in [1.54, 1.807) is 31.2 Å². The van der Waals surface area contributed by atoms with E-state index in [4.69, 9.17) is 9.47 Å². The number of benzene rings is 1. The van der Waals surface area contributed by atoms with E-state index >= 15 is 0 Å². The third-order valence-corrected chi connectivity index (χ3v) is 7.55. The Kier molecular flexibility index (Phi) is 7.28. The Morgan fingerprint density at radius 2 is 1.97 bits per heavy atom. The molecule has 3 rings (SSSR count). The van der Waals surface area contributed by atoms with E-state index in [0.717, 1.165) is 11.3 Å². The van der Waals surface area contributed by atoms with Crippen LogP contribution in [-0.2, 0) is 19.4 Å². The Labute approximate surface area is 194 Å². The minimum Gasteiger partial charge on any atom is -0.493 e. The second-order valence-electron chi connectivity index (χ2n) is 8.65. The largest absolute Gasteiger partial charge is 0.493 e. The monoisotopic (exact) mass is 472 g/mol. The van der Waals surface area contributed by atoms with E-state index in [2.05, 4.69) is 13.8 Å². The zero-order valence-corrected chi connectivity index (χ0v) is 20.1. The van der Waals surface area contributed by atoms with Crippen molar-refractivity contribution in [3.05, 3.63) is 40.5 Å². The number of hydrogen-bond donors (Lipinski definition) is 0. The van der Waals surface area contributed by atoms with Gasteiger partial charge in [-0.25, -0.2) is 8.42 Å². The number of ether oxygens (including phenoxy) is 2. The van der Waals surface area contributed by atoms with E-state index < -0.39 is 27.7 Å². The fourth-order valence-electron chi connectivity index (χ4n) is 3.87.